The minimum atomic E-state index is -0.347. The molecule has 0 heterocycles. The van der Waals surface area contributed by atoms with Gasteiger partial charge in [0.25, 0.3) is 0 Å². The molecule has 0 spiro atoms. The van der Waals surface area contributed by atoms with E-state index in [-0.39, 0.29) is 12.1 Å². The predicted molar refractivity (Wildman–Crippen MR) is 45.5 cm³/mol. The number of carbonyl (C=O) groups is 2. The zero-order valence-electron chi connectivity index (χ0n) is 6.28. The Morgan fingerprint density at radius 1 is 1.36 bits per heavy atom. The van der Waals surface area contributed by atoms with Crippen LogP contribution in [0.4, 0.5) is 0 Å². The Hall–Kier alpha value is -0.390. The van der Waals surface area contributed by atoms with Gasteiger partial charge in [-0.3, -0.25) is 0 Å². The molecule has 2 N–H and O–H groups in total. The summed E-state index contributed by atoms with van der Waals surface area (Å²) in [5.41, 5.74) is 5.28. The van der Waals surface area contributed by atoms with Crippen molar-refractivity contribution in [3.05, 3.63) is 0 Å². The third-order valence-electron chi connectivity index (χ3n) is 1.06. The fourth-order valence-corrected chi connectivity index (χ4v) is 0.573. The molecule has 0 aliphatic carbocycles. The van der Waals surface area contributed by atoms with E-state index in [1.807, 2.05) is 0 Å². The number of hydrogen-bond acceptors (Lipinski definition) is 5. The van der Waals surface area contributed by atoms with Crippen molar-refractivity contribution in [2.45, 2.75) is 19.0 Å². The molecular weight excluding hydrogens is 164 g/mol. The summed E-state index contributed by atoms with van der Waals surface area (Å²) in [6.07, 6.45) is 1.48. The van der Waals surface area contributed by atoms with E-state index in [1.165, 1.54) is 0 Å². The minimum Gasteiger partial charge on any atom is -0.302 e. The van der Waals surface area contributed by atoms with Crippen LogP contribution in [0.3, 0.4) is 0 Å². The molecule has 0 saturated carbocycles. The molecule has 0 saturated heterocycles. The summed E-state index contributed by atoms with van der Waals surface area (Å²) in [6, 6.07) is -0.641. The van der Waals surface area contributed by atoms with Gasteiger partial charge in [0.1, 0.15) is 12.6 Å². The molecule has 0 bridgehead atoms. The lowest BCUT2D eigenvalue weighted by molar-refractivity contribution is -0.111. The molecule has 0 unspecified atom stereocenters. The van der Waals surface area contributed by atoms with Crippen LogP contribution in [0.2, 0.25) is 0 Å². The SMILES string of the molecule is C[C@@H](C=O)NN[C@H](C=O)CS. The number of nitrogens with one attached hydrogen (secondary N) is 2. The molecule has 0 amide bonds. The highest BCUT2D eigenvalue weighted by molar-refractivity contribution is 7.80. The smallest absolute Gasteiger partial charge is 0.139 e. The maximum Gasteiger partial charge on any atom is 0.139 e. The fraction of sp³-hybridized carbons (Fsp3) is 0.667. The Labute approximate surface area is 71.1 Å². The quantitative estimate of drug-likeness (QED) is 0.281. The number of hydrogen-bond donors (Lipinski definition) is 3. The molecule has 0 aromatic rings. The Kier molecular flexibility index (Phi) is 6.10. The molecule has 11 heavy (non-hydrogen) atoms. The zero-order valence-corrected chi connectivity index (χ0v) is 7.17. The van der Waals surface area contributed by atoms with E-state index in [0.29, 0.717) is 5.75 Å². The van der Waals surface area contributed by atoms with Crippen LogP contribution in [0, 0.1) is 0 Å². The summed E-state index contributed by atoms with van der Waals surface area (Å²) < 4.78 is 0. The normalized spacial score (nSPS) is 15.5. The second kappa shape index (κ2) is 6.33. The maximum atomic E-state index is 10.2. The van der Waals surface area contributed by atoms with Gasteiger partial charge in [-0.05, 0) is 6.92 Å². The summed E-state index contributed by atoms with van der Waals surface area (Å²) in [4.78, 5) is 20.3. The third kappa shape index (κ3) is 4.94. The largest absolute Gasteiger partial charge is 0.302 e. The van der Waals surface area contributed by atoms with Gasteiger partial charge in [0, 0.05) is 5.75 Å². The van der Waals surface area contributed by atoms with Gasteiger partial charge in [-0.1, -0.05) is 0 Å². The minimum absolute atomic E-state index is 0.294. The first-order chi connectivity index (χ1) is 5.24. The van der Waals surface area contributed by atoms with Crippen molar-refractivity contribution >= 4 is 25.2 Å². The van der Waals surface area contributed by atoms with E-state index in [1.54, 1.807) is 6.92 Å². The van der Waals surface area contributed by atoms with E-state index in [0.717, 1.165) is 12.6 Å². The van der Waals surface area contributed by atoms with Crippen molar-refractivity contribution < 1.29 is 9.59 Å². The van der Waals surface area contributed by atoms with Crippen LogP contribution in [-0.2, 0) is 9.59 Å². The van der Waals surface area contributed by atoms with Crippen LogP contribution in [0.25, 0.3) is 0 Å². The lowest BCUT2D eigenvalue weighted by atomic mass is 10.4. The van der Waals surface area contributed by atoms with Gasteiger partial charge in [0.2, 0.25) is 0 Å². The summed E-state index contributed by atoms with van der Waals surface area (Å²) in [6.45, 7) is 1.68. The molecule has 0 rings (SSSR count). The van der Waals surface area contributed by atoms with E-state index in [9.17, 15) is 9.59 Å². The number of thiol groups is 1. The highest BCUT2D eigenvalue weighted by Crippen LogP contribution is 1.80. The van der Waals surface area contributed by atoms with E-state index >= 15 is 0 Å². The molecule has 2 atom stereocenters. The predicted octanol–water partition coefficient (Wildman–Crippen LogP) is -0.835. The standard InChI is InChI=1S/C6H12N2O2S/c1-5(2-9)7-8-6(3-10)4-11/h2-3,5-8,11H,4H2,1H3/t5-,6+/m0/s1. The summed E-state index contributed by atoms with van der Waals surface area (Å²) in [5.74, 6) is 0.405. The summed E-state index contributed by atoms with van der Waals surface area (Å²) in [7, 11) is 0. The van der Waals surface area contributed by atoms with Crippen molar-refractivity contribution in [2.75, 3.05) is 5.75 Å². The molecule has 5 heteroatoms. The van der Waals surface area contributed by atoms with Crippen molar-refractivity contribution in [3.63, 3.8) is 0 Å². The lowest BCUT2D eigenvalue weighted by Gasteiger charge is -2.12. The lowest BCUT2D eigenvalue weighted by Crippen LogP contribution is -2.47. The molecule has 0 radical (unpaired) electrons. The molecule has 0 aromatic heterocycles. The Morgan fingerprint density at radius 2 is 2.00 bits per heavy atom. The van der Waals surface area contributed by atoms with Gasteiger partial charge in [-0.15, -0.1) is 0 Å². The van der Waals surface area contributed by atoms with Crippen LogP contribution < -0.4 is 10.9 Å². The first-order valence-electron chi connectivity index (χ1n) is 3.27. The van der Waals surface area contributed by atoms with Crippen LogP contribution in [0.15, 0.2) is 0 Å². The Bertz CT molecular complexity index is 132. The number of carbonyl (C=O) groups excluding carboxylic acids is 2. The van der Waals surface area contributed by atoms with Gasteiger partial charge in [0.05, 0.1) is 12.1 Å². The van der Waals surface area contributed by atoms with Crippen molar-refractivity contribution in [3.8, 4) is 0 Å². The van der Waals surface area contributed by atoms with E-state index < -0.39 is 0 Å². The number of rotatable bonds is 6. The topological polar surface area (TPSA) is 58.2 Å². The van der Waals surface area contributed by atoms with Crippen LogP contribution in [-0.4, -0.2) is 30.4 Å². The molecule has 4 nitrogen and oxygen atoms in total. The number of hydrazine groups is 1. The number of aldehydes is 2. The third-order valence-corrected chi connectivity index (χ3v) is 1.45. The maximum absolute atomic E-state index is 10.2. The molecule has 0 aliphatic heterocycles. The average molecular weight is 176 g/mol. The van der Waals surface area contributed by atoms with E-state index in [4.69, 9.17) is 0 Å². The second-order valence-electron chi connectivity index (χ2n) is 2.14. The molecular formula is C6H12N2O2S. The summed E-state index contributed by atoms with van der Waals surface area (Å²) in [5, 5.41) is 0. The van der Waals surface area contributed by atoms with Crippen LogP contribution in [0.1, 0.15) is 6.92 Å². The Morgan fingerprint density at radius 3 is 2.36 bits per heavy atom. The fourth-order valence-electron chi connectivity index (χ4n) is 0.395. The van der Waals surface area contributed by atoms with E-state index in [2.05, 4.69) is 23.5 Å². The molecule has 0 aliphatic rings. The molecule has 0 fully saturated rings. The van der Waals surface area contributed by atoms with Crippen molar-refractivity contribution in [1.82, 2.24) is 10.9 Å². The second-order valence-corrected chi connectivity index (χ2v) is 2.50. The van der Waals surface area contributed by atoms with Gasteiger partial charge in [-0.2, -0.15) is 12.6 Å². The highest BCUT2D eigenvalue weighted by atomic mass is 32.1. The molecule has 0 aromatic carbocycles. The van der Waals surface area contributed by atoms with Gasteiger partial charge >= 0.3 is 0 Å². The van der Waals surface area contributed by atoms with Crippen LogP contribution in [0.5, 0.6) is 0 Å². The van der Waals surface area contributed by atoms with Crippen molar-refractivity contribution in [1.29, 1.82) is 0 Å². The monoisotopic (exact) mass is 176 g/mol. The zero-order chi connectivity index (χ0) is 8.69. The highest BCUT2D eigenvalue weighted by Gasteiger charge is 2.04. The van der Waals surface area contributed by atoms with Crippen molar-refractivity contribution in [2.24, 2.45) is 0 Å². The van der Waals surface area contributed by atoms with Gasteiger partial charge in [0.15, 0.2) is 0 Å². The van der Waals surface area contributed by atoms with Crippen LogP contribution >= 0.6 is 12.6 Å². The first kappa shape index (κ1) is 10.6. The first-order valence-corrected chi connectivity index (χ1v) is 3.90. The summed E-state index contributed by atoms with van der Waals surface area (Å²) >= 11 is 3.91. The average Bonchev–Trinajstić information content (AvgIpc) is 2.06. The van der Waals surface area contributed by atoms with Gasteiger partial charge < -0.3 is 9.59 Å². The molecule has 64 valence electrons. The Balaban J connectivity index is 3.49. The van der Waals surface area contributed by atoms with Gasteiger partial charge in [-0.25, -0.2) is 10.9 Å².